The van der Waals surface area contributed by atoms with Crippen molar-refractivity contribution in [1.29, 1.82) is 0 Å². The molecule has 1 heterocycles. The molecule has 0 radical (unpaired) electrons. The molecule has 2 aromatic carbocycles. The van der Waals surface area contributed by atoms with Crippen molar-refractivity contribution in [3.8, 4) is 0 Å². The van der Waals surface area contributed by atoms with Crippen LogP contribution in [0.2, 0.25) is 0 Å². The second kappa shape index (κ2) is 5.47. The van der Waals surface area contributed by atoms with Gasteiger partial charge in [-0.05, 0) is 47.0 Å². The highest BCUT2D eigenvalue weighted by Crippen LogP contribution is 2.26. The third-order valence-corrected chi connectivity index (χ3v) is 4.23. The normalized spacial score (nSPS) is 10.7. The summed E-state index contributed by atoms with van der Waals surface area (Å²) in [5.41, 5.74) is 3.09. The van der Waals surface area contributed by atoms with Gasteiger partial charge in [-0.15, -0.1) is 11.3 Å². The topological polar surface area (TPSA) is 29.1 Å². The van der Waals surface area contributed by atoms with Crippen molar-refractivity contribution in [2.45, 2.75) is 13.3 Å². The summed E-state index contributed by atoms with van der Waals surface area (Å²) in [4.78, 5) is 12.1. The van der Waals surface area contributed by atoms with Crippen LogP contribution in [-0.2, 0) is 11.2 Å². The van der Waals surface area contributed by atoms with Crippen molar-refractivity contribution in [1.82, 2.24) is 0 Å². The first-order chi connectivity index (χ1) is 9.72. The van der Waals surface area contributed by atoms with Gasteiger partial charge in [0.2, 0.25) is 5.91 Å². The molecule has 0 bridgehead atoms. The zero-order valence-corrected chi connectivity index (χ0v) is 12.0. The van der Waals surface area contributed by atoms with Gasteiger partial charge in [0, 0.05) is 10.4 Å². The van der Waals surface area contributed by atoms with Crippen LogP contribution in [0.1, 0.15) is 11.1 Å². The fraction of sp³-hybridized carbons (Fsp3) is 0.118. The lowest BCUT2D eigenvalue weighted by atomic mass is 10.1. The Labute approximate surface area is 122 Å². The van der Waals surface area contributed by atoms with E-state index in [0.717, 1.165) is 16.8 Å². The van der Waals surface area contributed by atoms with Crippen molar-refractivity contribution in [3.05, 3.63) is 65.0 Å². The minimum atomic E-state index is 0.0270. The van der Waals surface area contributed by atoms with Crippen LogP contribution >= 0.6 is 11.3 Å². The number of carbonyl (C=O) groups excluding carboxylic acids is 1. The first kappa shape index (κ1) is 12.9. The van der Waals surface area contributed by atoms with Crippen molar-refractivity contribution in [2.24, 2.45) is 0 Å². The second-order valence-corrected chi connectivity index (χ2v) is 5.76. The van der Waals surface area contributed by atoms with E-state index in [2.05, 4.69) is 22.8 Å². The summed E-state index contributed by atoms with van der Waals surface area (Å²) in [6.07, 6.45) is 0.415. The van der Waals surface area contributed by atoms with Crippen molar-refractivity contribution >= 4 is 33.0 Å². The molecule has 100 valence electrons. The molecule has 3 rings (SSSR count). The number of thiophene rings is 1. The number of carbonyl (C=O) groups is 1. The van der Waals surface area contributed by atoms with E-state index >= 15 is 0 Å². The first-order valence-electron chi connectivity index (χ1n) is 6.54. The lowest BCUT2D eigenvalue weighted by molar-refractivity contribution is -0.115. The molecule has 0 saturated carbocycles. The Hall–Kier alpha value is -2.13. The van der Waals surface area contributed by atoms with Crippen molar-refractivity contribution < 1.29 is 4.79 Å². The minimum absolute atomic E-state index is 0.0270. The van der Waals surface area contributed by atoms with Gasteiger partial charge in [-0.2, -0.15) is 0 Å². The van der Waals surface area contributed by atoms with Crippen molar-refractivity contribution in [3.63, 3.8) is 0 Å². The smallest absolute Gasteiger partial charge is 0.228 e. The van der Waals surface area contributed by atoms with Gasteiger partial charge in [0.1, 0.15) is 0 Å². The van der Waals surface area contributed by atoms with E-state index in [1.54, 1.807) is 11.3 Å². The fourth-order valence-corrected chi connectivity index (χ4v) is 3.23. The number of fused-ring (bicyclic) bond motifs is 1. The van der Waals surface area contributed by atoms with Gasteiger partial charge in [0.15, 0.2) is 0 Å². The molecule has 0 saturated heterocycles. The summed E-state index contributed by atoms with van der Waals surface area (Å²) in [5.74, 6) is 0.0270. The van der Waals surface area contributed by atoms with E-state index in [4.69, 9.17) is 0 Å². The van der Waals surface area contributed by atoms with Gasteiger partial charge in [-0.25, -0.2) is 0 Å². The Morgan fingerprint density at radius 2 is 2.00 bits per heavy atom. The van der Waals surface area contributed by atoms with Gasteiger partial charge in [0.25, 0.3) is 0 Å². The van der Waals surface area contributed by atoms with Gasteiger partial charge in [0.05, 0.1) is 6.42 Å². The van der Waals surface area contributed by atoms with Gasteiger partial charge < -0.3 is 5.32 Å². The Morgan fingerprint density at radius 3 is 2.85 bits per heavy atom. The maximum absolute atomic E-state index is 12.1. The molecule has 0 aliphatic heterocycles. The molecular weight excluding hydrogens is 266 g/mol. The van der Waals surface area contributed by atoms with Crippen LogP contribution in [0.4, 0.5) is 5.69 Å². The first-order valence-corrected chi connectivity index (χ1v) is 7.42. The zero-order valence-electron chi connectivity index (χ0n) is 11.2. The van der Waals surface area contributed by atoms with E-state index in [1.165, 1.54) is 10.1 Å². The van der Waals surface area contributed by atoms with Crippen LogP contribution in [-0.4, -0.2) is 5.91 Å². The Bertz CT molecular complexity index is 760. The van der Waals surface area contributed by atoms with Crippen LogP contribution in [0.3, 0.4) is 0 Å². The maximum Gasteiger partial charge on any atom is 0.228 e. The number of rotatable bonds is 3. The third kappa shape index (κ3) is 2.73. The zero-order chi connectivity index (χ0) is 13.9. The molecule has 1 aromatic heterocycles. The molecule has 2 nitrogen and oxygen atoms in total. The molecule has 1 N–H and O–H groups in total. The summed E-state index contributed by atoms with van der Waals surface area (Å²) in [6, 6.07) is 16.0. The van der Waals surface area contributed by atoms with Crippen LogP contribution in [0, 0.1) is 6.92 Å². The van der Waals surface area contributed by atoms with Crippen molar-refractivity contribution in [2.75, 3.05) is 5.32 Å². The summed E-state index contributed by atoms with van der Waals surface area (Å²) in [5, 5.41) is 6.20. The minimum Gasteiger partial charge on any atom is -0.326 e. The standard InChI is InChI=1S/C17H15NOS/c1-12-5-4-6-14(9-12)18-17(19)10-13-11-20-16-8-3-2-7-15(13)16/h2-9,11H,10H2,1H3,(H,18,19). The number of hydrogen-bond acceptors (Lipinski definition) is 2. The molecule has 1 amide bonds. The fourth-order valence-electron chi connectivity index (χ4n) is 2.27. The van der Waals surface area contributed by atoms with E-state index < -0.39 is 0 Å². The van der Waals surface area contributed by atoms with Crippen LogP contribution in [0.15, 0.2) is 53.9 Å². The number of benzene rings is 2. The number of aryl methyl sites for hydroxylation is 1. The molecule has 0 unspecified atom stereocenters. The Morgan fingerprint density at radius 1 is 1.15 bits per heavy atom. The number of amides is 1. The molecule has 3 aromatic rings. The van der Waals surface area contributed by atoms with E-state index in [-0.39, 0.29) is 5.91 Å². The molecule has 0 aliphatic carbocycles. The Kier molecular flexibility index (Phi) is 3.52. The van der Waals surface area contributed by atoms with Crippen LogP contribution in [0.5, 0.6) is 0 Å². The molecular formula is C17H15NOS. The molecule has 0 atom stereocenters. The third-order valence-electron chi connectivity index (χ3n) is 3.21. The molecule has 0 fully saturated rings. The lowest BCUT2D eigenvalue weighted by Gasteiger charge is -2.05. The molecule has 3 heteroatoms. The maximum atomic E-state index is 12.1. The highest BCUT2D eigenvalue weighted by atomic mass is 32.1. The second-order valence-electron chi connectivity index (χ2n) is 4.85. The SMILES string of the molecule is Cc1cccc(NC(=O)Cc2csc3ccccc23)c1. The van der Waals surface area contributed by atoms with Gasteiger partial charge >= 0.3 is 0 Å². The van der Waals surface area contributed by atoms with E-state index in [9.17, 15) is 4.79 Å². The summed E-state index contributed by atoms with van der Waals surface area (Å²) in [6.45, 7) is 2.02. The number of nitrogens with one attached hydrogen (secondary N) is 1. The van der Waals surface area contributed by atoms with Gasteiger partial charge in [-0.3, -0.25) is 4.79 Å². The average molecular weight is 281 g/mol. The van der Waals surface area contributed by atoms with Crippen LogP contribution < -0.4 is 5.32 Å². The summed E-state index contributed by atoms with van der Waals surface area (Å²) >= 11 is 1.68. The highest BCUT2D eigenvalue weighted by molar-refractivity contribution is 7.17. The average Bonchev–Trinajstić information content (AvgIpc) is 2.82. The molecule has 20 heavy (non-hydrogen) atoms. The number of anilines is 1. The van der Waals surface area contributed by atoms with Gasteiger partial charge in [-0.1, -0.05) is 30.3 Å². The quantitative estimate of drug-likeness (QED) is 0.758. The predicted octanol–water partition coefficient (Wildman–Crippen LogP) is 4.39. The summed E-state index contributed by atoms with van der Waals surface area (Å²) in [7, 11) is 0. The largest absolute Gasteiger partial charge is 0.326 e. The number of hydrogen-bond donors (Lipinski definition) is 1. The highest BCUT2D eigenvalue weighted by Gasteiger charge is 2.09. The molecule has 0 aliphatic rings. The Balaban J connectivity index is 1.76. The monoisotopic (exact) mass is 281 g/mol. The molecule has 0 spiro atoms. The predicted molar refractivity (Wildman–Crippen MR) is 85.3 cm³/mol. The lowest BCUT2D eigenvalue weighted by Crippen LogP contribution is -2.14. The van der Waals surface area contributed by atoms with E-state index in [1.807, 2.05) is 43.3 Å². The van der Waals surface area contributed by atoms with E-state index in [0.29, 0.717) is 6.42 Å². The summed E-state index contributed by atoms with van der Waals surface area (Å²) < 4.78 is 1.23. The van der Waals surface area contributed by atoms with Crippen LogP contribution in [0.25, 0.3) is 10.1 Å².